The molecule has 42 heavy (non-hydrogen) atoms. The van der Waals surface area contributed by atoms with Crippen molar-refractivity contribution in [2.45, 2.75) is 77.5 Å². The van der Waals surface area contributed by atoms with Crippen LogP contribution in [0.15, 0.2) is 66.7 Å². The summed E-state index contributed by atoms with van der Waals surface area (Å²) in [5, 5.41) is 5.69. The van der Waals surface area contributed by atoms with Crippen LogP contribution >= 0.6 is 0 Å². The molecule has 0 heterocycles. The zero-order valence-corrected chi connectivity index (χ0v) is 25.6. The molecule has 8 nitrogen and oxygen atoms in total. The summed E-state index contributed by atoms with van der Waals surface area (Å²) in [5.74, 6) is -0.746. The lowest BCUT2D eigenvalue weighted by Crippen LogP contribution is -2.52. The Morgan fingerprint density at radius 3 is 2.31 bits per heavy atom. The number of hydrogen-bond acceptors (Lipinski definition) is 6. The topological polar surface area (TPSA) is 103 Å². The van der Waals surface area contributed by atoms with E-state index in [0.717, 1.165) is 24.0 Å². The molecule has 2 aromatic rings. The minimum absolute atomic E-state index is 0.265. The number of benzene rings is 2. The van der Waals surface area contributed by atoms with Gasteiger partial charge in [0.1, 0.15) is 17.4 Å². The smallest absolute Gasteiger partial charge is 0.309 e. The van der Waals surface area contributed by atoms with Gasteiger partial charge >= 0.3 is 5.97 Å². The maximum atomic E-state index is 14.1. The highest BCUT2D eigenvalue weighted by Crippen LogP contribution is 2.39. The standard InChI is InChI=1S/C34H46N2O6/c1-33(2,3)42-31(38)27(18-21-41-24-26-12-8-6-9-13-26)23-34(19-10-7-11-20-34)32(39)36-29(30(37)35-4)22-25-14-16-28(40-5)17-15-25/h6,8-10,12-17,19,27,29H,7,11,18,20-24H2,1-5H3,(H,35,37)(H,36,39). The van der Waals surface area contributed by atoms with Crippen LogP contribution < -0.4 is 15.4 Å². The molecule has 3 unspecified atom stereocenters. The highest BCUT2D eigenvalue weighted by molar-refractivity contribution is 5.91. The van der Waals surface area contributed by atoms with Crippen molar-refractivity contribution in [2.24, 2.45) is 11.3 Å². The molecule has 1 aliphatic rings. The highest BCUT2D eigenvalue weighted by Gasteiger charge is 2.42. The van der Waals surface area contributed by atoms with Gasteiger partial charge in [-0.15, -0.1) is 0 Å². The van der Waals surface area contributed by atoms with Crippen molar-refractivity contribution in [1.29, 1.82) is 0 Å². The minimum Gasteiger partial charge on any atom is -0.497 e. The third-order valence-electron chi connectivity index (χ3n) is 7.42. The fourth-order valence-corrected chi connectivity index (χ4v) is 5.18. The minimum atomic E-state index is -0.953. The van der Waals surface area contributed by atoms with Crippen molar-refractivity contribution in [1.82, 2.24) is 10.6 Å². The van der Waals surface area contributed by atoms with E-state index in [9.17, 15) is 14.4 Å². The van der Waals surface area contributed by atoms with Gasteiger partial charge in [0.05, 0.1) is 25.0 Å². The van der Waals surface area contributed by atoms with Gasteiger partial charge in [0.15, 0.2) is 0 Å². The average Bonchev–Trinajstić information content (AvgIpc) is 2.98. The molecular formula is C34H46N2O6. The van der Waals surface area contributed by atoms with Crippen LogP contribution in [-0.2, 0) is 36.9 Å². The molecule has 0 fully saturated rings. The van der Waals surface area contributed by atoms with Crippen LogP contribution in [0.4, 0.5) is 0 Å². The largest absolute Gasteiger partial charge is 0.497 e. The van der Waals surface area contributed by atoms with Crippen LogP contribution in [0.25, 0.3) is 0 Å². The molecule has 3 rings (SSSR count). The summed E-state index contributed by atoms with van der Waals surface area (Å²) in [7, 11) is 3.15. The van der Waals surface area contributed by atoms with Crippen LogP contribution in [0.2, 0.25) is 0 Å². The van der Waals surface area contributed by atoms with Crippen LogP contribution in [0.3, 0.4) is 0 Å². The number of carbonyl (C=O) groups excluding carboxylic acids is 3. The third-order valence-corrected chi connectivity index (χ3v) is 7.42. The zero-order chi connectivity index (χ0) is 30.6. The van der Waals surface area contributed by atoms with Gasteiger partial charge in [-0.1, -0.05) is 54.6 Å². The van der Waals surface area contributed by atoms with E-state index < -0.39 is 23.0 Å². The number of methoxy groups -OCH3 is 1. The number of hydrogen-bond donors (Lipinski definition) is 2. The molecule has 0 saturated carbocycles. The first kappa shape index (κ1) is 32.9. The van der Waals surface area contributed by atoms with Gasteiger partial charge in [0, 0.05) is 20.1 Å². The Labute approximate surface area is 250 Å². The number of allylic oxidation sites excluding steroid dienone is 1. The number of ether oxygens (including phenoxy) is 3. The van der Waals surface area contributed by atoms with E-state index >= 15 is 0 Å². The van der Waals surface area contributed by atoms with Crippen molar-refractivity contribution < 1.29 is 28.6 Å². The van der Waals surface area contributed by atoms with Gasteiger partial charge in [-0.2, -0.15) is 0 Å². The lowest BCUT2D eigenvalue weighted by Gasteiger charge is -2.36. The van der Waals surface area contributed by atoms with Crippen LogP contribution in [0.1, 0.15) is 64.0 Å². The third kappa shape index (κ3) is 10.0. The monoisotopic (exact) mass is 578 g/mol. The zero-order valence-electron chi connectivity index (χ0n) is 25.6. The van der Waals surface area contributed by atoms with E-state index in [1.807, 2.05) is 87.5 Å². The van der Waals surface area contributed by atoms with Gasteiger partial charge in [-0.25, -0.2) is 0 Å². The molecule has 228 valence electrons. The molecular weight excluding hydrogens is 532 g/mol. The van der Waals surface area contributed by atoms with Crippen LogP contribution in [0, 0.1) is 11.3 Å². The summed E-state index contributed by atoms with van der Waals surface area (Å²) in [6, 6.07) is 16.5. The van der Waals surface area contributed by atoms with Crippen LogP contribution in [0.5, 0.6) is 5.75 Å². The second kappa shape index (κ2) is 15.5. The van der Waals surface area contributed by atoms with Gasteiger partial charge in [-0.05, 0) is 76.1 Å². The van der Waals surface area contributed by atoms with Crippen molar-refractivity contribution in [3.8, 4) is 5.75 Å². The maximum Gasteiger partial charge on any atom is 0.309 e. The Hall–Kier alpha value is -3.65. The SMILES string of the molecule is CNC(=O)C(Cc1ccc(OC)cc1)NC(=O)C1(CC(CCOCc2ccccc2)C(=O)OC(C)(C)C)C=CCCC1. The second-order valence-corrected chi connectivity index (χ2v) is 11.9. The van der Waals surface area contributed by atoms with Crippen molar-refractivity contribution in [3.63, 3.8) is 0 Å². The molecule has 0 saturated heterocycles. The Kier molecular flexibility index (Phi) is 12.2. The van der Waals surface area contributed by atoms with Crippen molar-refractivity contribution in [3.05, 3.63) is 77.9 Å². The molecule has 0 spiro atoms. The van der Waals surface area contributed by atoms with E-state index in [1.54, 1.807) is 14.2 Å². The predicted molar refractivity (Wildman–Crippen MR) is 163 cm³/mol. The quantitative estimate of drug-likeness (QED) is 0.183. The molecule has 8 heteroatoms. The number of esters is 1. The fourth-order valence-electron chi connectivity index (χ4n) is 5.18. The molecule has 0 aromatic heterocycles. The molecule has 2 amide bonds. The van der Waals surface area contributed by atoms with E-state index in [1.165, 1.54) is 0 Å². The average molecular weight is 579 g/mol. The van der Waals surface area contributed by atoms with E-state index in [0.29, 0.717) is 38.2 Å². The summed E-state index contributed by atoms with van der Waals surface area (Å²) in [4.78, 5) is 40.4. The first-order valence-corrected chi connectivity index (χ1v) is 14.7. The number of carbonyl (C=O) groups is 3. The van der Waals surface area contributed by atoms with E-state index in [-0.39, 0.29) is 24.2 Å². The van der Waals surface area contributed by atoms with Crippen molar-refractivity contribution >= 4 is 17.8 Å². The predicted octanol–water partition coefficient (Wildman–Crippen LogP) is 5.15. The summed E-state index contributed by atoms with van der Waals surface area (Å²) in [6.45, 7) is 6.29. The number of amides is 2. The summed E-state index contributed by atoms with van der Waals surface area (Å²) >= 11 is 0. The van der Waals surface area contributed by atoms with Crippen molar-refractivity contribution in [2.75, 3.05) is 20.8 Å². The summed E-state index contributed by atoms with van der Waals surface area (Å²) < 4.78 is 17.0. The first-order chi connectivity index (χ1) is 20.0. The van der Waals surface area contributed by atoms with E-state index in [4.69, 9.17) is 14.2 Å². The van der Waals surface area contributed by atoms with Gasteiger partial charge < -0.3 is 24.8 Å². The maximum absolute atomic E-state index is 14.1. The van der Waals surface area contributed by atoms with E-state index in [2.05, 4.69) is 10.6 Å². The first-order valence-electron chi connectivity index (χ1n) is 14.7. The molecule has 2 aromatic carbocycles. The Morgan fingerprint density at radius 2 is 1.71 bits per heavy atom. The molecule has 0 bridgehead atoms. The number of rotatable bonds is 14. The number of nitrogens with one attached hydrogen (secondary N) is 2. The van der Waals surface area contributed by atoms with Gasteiger partial charge in [0.2, 0.25) is 11.8 Å². The molecule has 3 atom stereocenters. The molecule has 0 radical (unpaired) electrons. The fraction of sp³-hybridized carbons (Fsp3) is 0.500. The Bertz CT molecular complexity index is 1190. The second-order valence-electron chi connectivity index (χ2n) is 11.9. The van der Waals surface area contributed by atoms with Gasteiger partial charge in [-0.3, -0.25) is 14.4 Å². The van der Waals surface area contributed by atoms with Gasteiger partial charge in [0.25, 0.3) is 0 Å². The highest BCUT2D eigenvalue weighted by atomic mass is 16.6. The molecule has 2 N–H and O–H groups in total. The Morgan fingerprint density at radius 1 is 1.00 bits per heavy atom. The lowest BCUT2D eigenvalue weighted by molar-refractivity contribution is -0.162. The Balaban J connectivity index is 1.79. The van der Waals surface area contributed by atoms with Crippen LogP contribution in [-0.4, -0.2) is 50.2 Å². The molecule has 1 aliphatic carbocycles. The number of likely N-dealkylation sites (N-methyl/N-ethyl adjacent to an activating group) is 1. The lowest BCUT2D eigenvalue weighted by atomic mass is 9.71. The summed E-state index contributed by atoms with van der Waals surface area (Å²) in [6.07, 6.45) is 7.15. The molecule has 0 aliphatic heterocycles. The summed E-state index contributed by atoms with van der Waals surface area (Å²) in [5.41, 5.74) is 0.321. The normalized spacial score (nSPS) is 18.0.